The summed E-state index contributed by atoms with van der Waals surface area (Å²) in [5, 5.41) is 9.07. The van der Waals surface area contributed by atoms with Gasteiger partial charge in [-0.3, -0.25) is 9.69 Å². The maximum atomic E-state index is 12.7. The smallest absolute Gasteiger partial charge is 0.228 e. The van der Waals surface area contributed by atoms with Crippen LogP contribution in [0.25, 0.3) is 22.3 Å². The van der Waals surface area contributed by atoms with E-state index >= 15 is 0 Å². The Morgan fingerprint density at radius 2 is 1.94 bits per heavy atom. The minimum absolute atomic E-state index is 0.138. The Morgan fingerprint density at radius 3 is 2.66 bits per heavy atom. The zero-order valence-corrected chi connectivity index (χ0v) is 21.1. The highest BCUT2D eigenvalue weighted by molar-refractivity contribution is 9.10. The molecule has 0 atom stereocenters. The zero-order chi connectivity index (χ0) is 24.5. The van der Waals surface area contributed by atoms with Crippen LogP contribution in [0.3, 0.4) is 0 Å². The molecule has 0 spiro atoms. The first-order valence-corrected chi connectivity index (χ1v) is 12.2. The van der Waals surface area contributed by atoms with Crippen molar-refractivity contribution in [2.75, 3.05) is 30.8 Å². The number of carbonyl (C=O) groups is 1. The highest BCUT2D eigenvalue weighted by Gasteiger charge is 2.25. The molecule has 3 N–H and O–H groups in total. The molecule has 1 amide bonds. The third-order valence-electron chi connectivity index (χ3n) is 6.27. The first-order chi connectivity index (χ1) is 17.0. The third-order valence-corrected chi connectivity index (χ3v) is 6.95. The number of nitrogens with one attached hydrogen (secondary N) is 1. The van der Waals surface area contributed by atoms with Crippen LogP contribution >= 0.6 is 15.9 Å². The van der Waals surface area contributed by atoms with E-state index in [0.29, 0.717) is 22.9 Å². The van der Waals surface area contributed by atoms with Crippen LogP contribution in [0, 0.1) is 0 Å². The molecule has 0 bridgehead atoms. The fourth-order valence-electron chi connectivity index (χ4n) is 4.62. The zero-order valence-electron chi connectivity index (χ0n) is 19.5. The van der Waals surface area contributed by atoms with Gasteiger partial charge in [-0.25, -0.2) is 14.6 Å². The number of piperidine rings is 1. The molecule has 3 heterocycles. The molecule has 9 nitrogen and oxygen atoms in total. The van der Waals surface area contributed by atoms with E-state index < -0.39 is 0 Å². The number of methoxy groups -OCH3 is 1. The maximum absolute atomic E-state index is 12.7. The lowest BCUT2D eigenvalue weighted by Gasteiger charge is -2.25. The van der Waals surface area contributed by atoms with E-state index in [-0.39, 0.29) is 11.9 Å². The maximum Gasteiger partial charge on any atom is 0.228 e. The van der Waals surface area contributed by atoms with Gasteiger partial charge in [-0.15, -0.1) is 0 Å². The van der Waals surface area contributed by atoms with Gasteiger partial charge in [0.1, 0.15) is 23.6 Å². The minimum Gasteiger partial charge on any atom is -0.495 e. The number of nitrogens with two attached hydrogens (primary N) is 1. The number of anilines is 3. The van der Waals surface area contributed by atoms with Gasteiger partial charge < -0.3 is 15.8 Å². The van der Waals surface area contributed by atoms with Crippen LogP contribution in [-0.4, -0.2) is 45.9 Å². The summed E-state index contributed by atoms with van der Waals surface area (Å²) in [6.45, 7) is 3.39. The Bertz CT molecular complexity index is 1400. The molecule has 0 aliphatic carbocycles. The quantitative estimate of drug-likeness (QED) is 0.388. The molecule has 2 aromatic heterocycles. The van der Waals surface area contributed by atoms with Crippen LogP contribution < -0.4 is 20.7 Å². The van der Waals surface area contributed by atoms with Crippen LogP contribution in [0.15, 0.2) is 53.3 Å². The molecule has 1 fully saturated rings. The van der Waals surface area contributed by atoms with Crippen molar-refractivity contribution in [3.05, 3.63) is 53.3 Å². The van der Waals surface area contributed by atoms with Crippen molar-refractivity contribution in [3.8, 4) is 17.0 Å². The van der Waals surface area contributed by atoms with E-state index in [9.17, 15) is 4.79 Å². The van der Waals surface area contributed by atoms with Gasteiger partial charge in [-0.05, 0) is 66.1 Å². The lowest BCUT2D eigenvalue weighted by atomic mass is 10.1. The number of benzene rings is 2. The molecule has 0 radical (unpaired) electrons. The SMILES string of the molecule is COc1cc(-c2nn(C3CCNCC3)c3ncnc(N)c23)ccc1N(C(C)=O)c1ccccc1Br. The first kappa shape index (κ1) is 23.3. The van der Waals surface area contributed by atoms with Crippen molar-refractivity contribution in [2.24, 2.45) is 0 Å². The van der Waals surface area contributed by atoms with E-state index in [0.717, 1.165) is 52.7 Å². The second-order valence-corrected chi connectivity index (χ2v) is 9.28. The minimum atomic E-state index is -0.138. The summed E-state index contributed by atoms with van der Waals surface area (Å²) >= 11 is 3.56. The predicted octanol–water partition coefficient (Wildman–Crippen LogP) is 4.46. The second kappa shape index (κ2) is 9.63. The number of halogens is 1. The summed E-state index contributed by atoms with van der Waals surface area (Å²) in [6.07, 6.45) is 3.40. The van der Waals surface area contributed by atoms with Crippen LogP contribution in [0.1, 0.15) is 25.8 Å². The Labute approximate surface area is 211 Å². The summed E-state index contributed by atoms with van der Waals surface area (Å²) < 4.78 is 8.53. The van der Waals surface area contributed by atoms with Gasteiger partial charge in [-0.2, -0.15) is 5.10 Å². The van der Waals surface area contributed by atoms with Gasteiger partial charge in [0.05, 0.1) is 29.9 Å². The molecule has 0 unspecified atom stereocenters. The molecule has 10 heteroatoms. The number of para-hydroxylation sites is 1. The van der Waals surface area contributed by atoms with Crippen molar-refractivity contribution in [3.63, 3.8) is 0 Å². The van der Waals surface area contributed by atoms with Gasteiger partial charge in [-0.1, -0.05) is 18.2 Å². The standard InChI is InChI=1S/C25H26BrN7O2/c1-15(34)32(19-6-4-3-5-18(19)26)20-8-7-16(13-21(20)35-2)23-22-24(27)29-14-30-25(22)33(31-23)17-9-11-28-12-10-17/h3-8,13-14,17,28H,9-12H2,1-2H3,(H2,27,29,30). The second-order valence-electron chi connectivity index (χ2n) is 8.42. The summed E-state index contributed by atoms with van der Waals surface area (Å²) in [6, 6.07) is 13.5. The topological polar surface area (TPSA) is 111 Å². The molecular weight excluding hydrogens is 510 g/mol. The Kier molecular flexibility index (Phi) is 6.40. The molecule has 1 aliphatic rings. The first-order valence-electron chi connectivity index (χ1n) is 11.4. The lowest BCUT2D eigenvalue weighted by Crippen LogP contribution is -2.30. The van der Waals surface area contributed by atoms with Crippen molar-refractivity contribution >= 4 is 50.1 Å². The lowest BCUT2D eigenvalue weighted by molar-refractivity contribution is -0.115. The number of carbonyl (C=O) groups excluding carboxylic acids is 1. The number of rotatable bonds is 5. The number of amides is 1. The summed E-state index contributed by atoms with van der Waals surface area (Å²) in [5.41, 5.74) is 9.89. The molecule has 2 aromatic carbocycles. The molecule has 35 heavy (non-hydrogen) atoms. The van der Waals surface area contributed by atoms with Crippen molar-refractivity contribution in [1.29, 1.82) is 0 Å². The monoisotopic (exact) mass is 535 g/mol. The highest BCUT2D eigenvalue weighted by Crippen LogP contribution is 2.41. The van der Waals surface area contributed by atoms with Gasteiger partial charge in [0.25, 0.3) is 0 Å². The Morgan fingerprint density at radius 1 is 1.17 bits per heavy atom. The number of fused-ring (bicyclic) bond motifs is 1. The van der Waals surface area contributed by atoms with E-state index in [2.05, 4.69) is 31.2 Å². The fourth-order valence-corrected chi connectivity index (χ4v) is 5.08. The summed E-state index contributed by atoms with van der Waals surface area (Å²) in [7, 11) is 1.59. The van der Waals surface area contributed by atoms with Crippen molar-refractivity contribution in [2.45, 2.75) is 25.8 Å². The average Bonchev–Trinajstić information content (AvgIpc) is 3.27. The molecule has 4 aromatic rings. The van der Waals surface area contributed by atoms with Gasteiger partial charge in [0.15, 0.2) is 5.65 Å². The highest BCUT2D eigenvalue weighted by atomic mass is 79.9. The predicted molar refractivity (Wildman–Crippen MR) is 140 cm³/mol. The van der Waals surface area contributed by atoms with E-state index in [1.54, 1.807) is 12.0 Å². The molecule has 180 valence electrons. The molecule has 0 saturated carbocycles. The molecule has 1 saturated heterocycles. The van der Waals surface area contributed by atoms with Crippen LogP contribution in [0.4, 0.5) is 17.2 Å². The van der Waals surface area contributed by atoms with Crippen LogP contribution in [-0.2, 0) is 4.79 Å². The van der Waals surface area contributed by atoms with E-state index in [1.807, 2.05) is 47.1 Å². The van der Waals surface area contributed by atoms with E-state index in [1.165, 1.54) is 13.3 Å². The number of hydrogen-bond donors (Lipinski definition) is 2. The van der Waals surface area contributed by atoms with Gasteiger partial charge in [0.2, 0.25) is 5.91 Å². The largest absolute Gasteiger partial charge is 0.495 e. The molecule has 1 aliphatic heterocycles. The van der Waals surface area contributed by atoms with Crippen LogP contribution in [0.2, 0.25) is 0 Å². The Hall–Kier alpha value is -3.50. The number of hydrogen-bond acceptors (Lipinski definition) is 7. The van der Waals surface area contributed by atoms with Crippen molar-refractivity contribution < 1.29 is 9.53 Å². The fraction of sp³-hybridized carbons (Fsp3) is 0.280. The molecular formula is C25H26BrN7O2. The summed E-state index contributed by atoms with van der Waals surface area (Å²) in [5.74, 6) is 0.779. The third kappa shape index (κ3) is 4.23. The van der Waals surface area contributed by atoms with Gasteiger partial charge >= 0.3 is 0 Å². The number of nitrogen functional groups attached to an aromatic ring is 1. The Balaban J connectivity index is 1.65. The van der Waals surface area contributed by atoms with Crippen LogP contribution in [0.5, 0.6) is 5.75 Å². The van der Waals surface area contributed by atoms with E-state index in [4.69, 9.17) is 15.6 Å². The molecule has 5 rings (SSSR count). The number of nitrogens with zero attached hydrogens (tertiary/aromatic N) is 5. The number of ether oxygens (including phenoxy) is 1. The number of aromatic nitrogens is 4. The average molecular weight is 536 g/mol. The normalized spacial score (nSPS) is 14.3. The summed E-state index contributed by atoms with van der Waals surface area (Å²) in [4.78, 5) is 23.1. The van der Waals surface area contributed by atoms with Crippen molar-refractivity contribution in [1.82, 2.24) is 25.1 Å². The van der Waals surface area contributed by atoms with Gasteiger partial charge in [0, 0.05) is 17.0 Å².